The Morgan fingerprint density at radius 2 is 1.85 bits per heavy atom. The minimum Gasteiger partial charge on any atom is -0.366 e. The van der Waals surface area contributed by atoms with Crippen LogP contribution in [0.15, 0.2) is 48.5 Å². The SMILES string of the molecule is Cc1ccccc1C(=O)NCc1cccc(C(N)=O)c1. The van der Waals surface area contributed by atoms with E-state index in [1.165, 1.54) is 0 Å². The molecule has 0 atom stereocenters. The molecule has 2 amide bonds. The van der Waals surface area contributed by atoms with E-state index >= 15 is 0 Å². The summed E-state index contributed by atoms with van der Waals surface area (Å²) in [6.07, 6.45) is 0. The predicted molar refractivity (Wildman–Crippen MR) is 77.3 cm³/mol. The lowest BCUT2D eigenvalue weighted by molar-refractivity contribution is 0.0949. The lowest BCUT2D eigenvalue weighted by atomic mass is 10.1. The molecule has 0 spiro atoms. The summed E-state index contributed by atoms with van der Waals surface area (Å²) in [5.41, 5.74) is 8.08. The fourth-order valence-corrected chi connectivity index (χ4v) is 1.94. The number of rotatable bonds is 4. The Labute approximate surface area is 117 Å². The maximum Gasteiger partial charge on any atom is 0.251 e. The van der Waals surface area contributed by atoms with Gasteiger partial charge in [-0.3, -0.25) is 9.59 Å². The topological polar surface area (TPSA) is 72.2 Å². The third-order valence-electron chi connectivity index (χ3n) is 3.05. The minimum absolute atomic E-state index is 0.132. The monoisotopic (exact) mass is 268 g/mol. The van der Waals surface area contributed by atoms with Gasteiger partial charge in [-0.15, -0.1) is 0 Å². The van der Waals surface area contributed by atoms with Crippen LogP contribution in [-0.4, -0.2) is 11.8 Å². The normalized spacial score (nSPS) is 10.1. The molecule has 4 heteroatoms. The van der Waals surface area contributed by atoms with Gasteiger partial charge in [0.1, 0.15) is 0 Å². The molecule has 0 heterocycles. The summed E-state index contributed by atoms with van der Waals surface area (Å²) in [6, 6.07) is 14.3. The molecule has 0 radical (unpaired) electrons. The number of carbonyl (C=O) groups excluding carboxylic acids is 2. The number of hydrogen-bond acceptors (Lipinski definition) is 2. The standard InChI is InChI=1S/C16H16N2O2/c1-11-5-2-3-8-14(11)16(20)18-10-12-6-4-7-13(9-12)15(17)19/h2-9H,10H2,1H3,(H2,17,19)(H,18,20). The van der Waals surface area contributed by atoms with Crippen molar-refractivity contribution in [3.63, 3.8) is 0 Å². The van der Waals surface area contributed by atoms with E-state index in [0.717, 1.165) is 11.1 Å². The molecule has 0 unspecified atom stereocenters. The van der Waals surface area contributed by atoms with Gasteiger partial charge in [0.2, 0.25) is 5.91 Å². The van der Waals surface area contributed by atoms with E-state index in [2.05, 4.69) is 5.32 Å². The summed E-state index contributed by atoms with van der Waals surface area (Å²) < 4.78 is 0. The summed E-state index contributed by atoms with van der Waals surface area (Å²) in [4.78, 5) is 23.1. The molecular weight excluding hydrogens is 252 g/mol. The summed E-state index contributed by atoms with van der Waals surface area (Å²) in [5, 5.41) is 2.83. The summed E-state index contributed by atoms with van der Waals surface area (Å²) in [6.45, 7) is 2.25. The van der Waals surface area contributed by atoms with Crippen molar-refractivity contribution < 1.29 is 9.59 Å². The van der Waals surface area contributed by atoms with Gasteiger partial charge in [0.25, 0.3) is 5.91 Å². The summed E-state index contributed by atoms with van der Waals surface area (Å²) in [7, 11) is 0. The fourth-order valence-electron chi connectivity index (χ4n) is 1.94. The van der Waals surface area contributed by atoms with Gasteiger partial charge >= 0.3 is 0 Å². The van der Waals surface area contributed by atoms with E-state index in [1.54, 1.807) is 24.3 Å². The Balaban J connectivity index is 2.06. The Morgan fingerprint density at radius 3 is 2.55 bits per heavy atom. The molecule has 102 valence electrons. The van der Waals surface area contributed by atoms with Crippen molar-refractivity contribution in [1.82, 2.24) is 5.32 Å². The van der Waals surface area contributed by atoms with Crippen LogP contribution in [0.2, 0.25) is 0 Å². The molecule has 2 rings (SSSR count). The van der Waals surface area contributed by atoms with E-state index in [9.17, 15) is 9.59 Å². The quantitative estimate of drug-likeness (QED) is 0.890. The average molecular weight is 268 g/mol. The minimum atomic E-state index is -0.475. The first-order valence-electron chi connectivity index (χ1n) is 6.30. The molecule has 3 N–H and O–H groups in total. The Morgan fingerprint density at radius 1 is 1.10 bits per heavy atom. The van der Waals surface area contributed by atoms with Crippen molar-refractivity contribution in [2.75, 3.05) is 0 Å². The van der Waals surface area contributed by atoms with Crippen LogP contribution < -0.4 is 11.1 Å². The molecule has 2 aromatic carbocycles. The zero-order valence-corrected chi connectivity index (χ0v) is 11.2. The van der Waals surface area contributed by atoms with Crippen LogP contribution >= 0.6 is 0 Å². The van der Waals surface area contributed by atoms with Crippen molar-refractivity contribution in [1.29, 1.82) is 0 Å². The highest BCUT2D eigenvalue weighted by Crippen LogP contribution is 2.08. The largest absolute Gasteiger partial charge is 0.366 e. The predicted octanol–water partition coefficient (Wildman–Crippen LogP) is 2.02. The first-order valence-corrected chi connectivity index (χ1v) is 6.30. The second kappa shape index (κ2) is 6.02. The zero-order chi connectivity index (χ0) is 14.5. The number of aryl methyl sites for hydroxylation is 1. The maximum atomic E-state index is 12.1. The summed E-state index contributed by atoms with van der Waals surface area (Å²) >= 11 is 0. The van der Waals surface area contributed by atoms with Gasteiger partial charge in [-0.05, 0) is 36.2 Å². The average Bonchev–Trinajstić information content (AvgIpc) is 2.45. The van der Waals surface area contributed by atoms with Gasteiger partial charge in [-0.25, -0.2) is 0 Å². The highest BCUT2D eigenvalue weighted by molar-refractivity contribution is 5.95. The zero-order valence-electron chi connectivity index (χ0n) is 11.2. The van der Waals surface area contributed by atoms with Gasteiger partial charge in [0.15, 0.2) is 0 Å². The first-order chi connectivity index (χ1) is 9.58. The van der Waals surface area contributed by atoms with Gasteiger partial charge < -0.3 is 11.1 Å². The fraction of sp³-hybridized carbons (Fsp3) is 0.125. The molecule has 2 aromatic rings. The number of nitrogens with two attached hydrogens (primary N) is 1. The third-order valence-corrected chi connectivity index (χ3v) is 3.05. The number of carbonyl (C=O) groups is 2. The van der Waals surface area contributed by atoms with E-state index < -0.39 is 5.91 Å². The van der Waals surface area contributed by atoms with Crippen LogP contribution in [-0.2, 0) is 6.54 Å². The maximum absolute atomic E-state index is 12.1. The molecular formula is C16H16N2O2. The van der Waals surface area contributed by atoms with E-state index in [-0.39, 0.29) is 5.91 Å². The van der Waals surface area contributed by atoms with E-state index in [4.69, 9.17) is 5.73 Å². The Hall–Kier alpha value is -2.62. The molecule has 4 nitrogen and oxygen atoms in total. The second-order valence-electron chi connectivity index (χ2n) is 4.56. The van der Waals surface area contributed by atoms with Crippen LogP contribution in [0.1, 0.15) is 31.8 Å². The molecule has 0 aliphatic rings. The van der Waals surface area contributed by atoms with Gasteiger partial charge in [-0.2, -0.15) is 0 Å². The number of primary amides is 1. The second-order valence-corrected chi connectivity index (χ2v) is 4.56. The molecule has 0 fully saturated rings. The number of nitrogens with one attached hydrogen (secondary N) is 1. The molecule has 0 saturated heterocycles. The van der Waals surface area contributed by atoms with Crippen molar-refractivity contribution in [2.45, 2.75) is 13.5 Å². The summed E-state index contributed by atoms with van der Waals surface area (Å²) in [5.74, 6) is -0.607. The lowest BCUT2D eigenvalue weighted by Crippen LogP contribution is -2.23. The third kappa shape index (κ3) is 3.23. The smallest absolute Gasteiger partial charge is 0.251 e. The number of hydrogen-bond donors (Lipinski definition) is 2. The van der Waals surface area contributed by atoms with Crippen LogP contribution in [0.25, 0.3) is 0 Å². The van der Waals surface area contributed by atoms with Crippen LogP contribution in [0.5, 0.6) is 0 Å². The van der Waals surface area contributed by atoms with Gasteiger partial charge in [-0.1, -0.05) is 30.3 Å². The highest BCUT2D eigenvalue weighted by atomic mass is 16.2. The van der Waals surface area contributed by atoms with Gasteiger partial charge in [0, 0.05) is 17.7 Å². The molecule has 20 heavy (non-hydrogen) atoms. The molecule has 0 saturated carbocycles. The number of amides is 2. The molecule has 0 aliphatic carbocycles. The number of benzene rings is 2. The van der Waals surface area contributed by atoms with Gasteiger partial charge in [0.05, 0.1) is 0 Å². The Bertz CT molecular complexity index is 650. The van der Waals surface area contributed by atoms with Crippen molar-refractivity contribution in [3.05, 3.63) is 70.8 Å². The molecule has 0 aromatic heterocycles. The Kier molecular flexibility index (Phi) is 4.15. The first kappa shape index (κ1) is 13.8. The van der Waals surface area contributed by atoms with Crippen molar-refractivity contribution in [3.8, 4) is 0 Å². The lowest BCUT2D eigenvalue weighted by Gasteiger charge is -2.08. The molecule has 0 bridgehead atoms. The van der Waals surface area contributed by atoms with E-state index in [1.807, 2.05) is 31.2 Å². The van der Waals surface area contributed by atoms with Crippen LogP contribution in [0.4, 0.5) is 0 Å². The van der Waals surface area contributed by atoms with Crippen molar-refractivity contribution in [2.24, 2.45) is 5.73 Å². The van der Waals surface area contributed by atoms with Crippen LogP contribution in [0, 0.1) is 6.92 Å². The molecule has 0 aliphatic heterocycles. The van der Waals surface area contributed by atoms with Crippen molar-refractivity contribution >= 4 is 11.8 Å². The van der Waals surface area contributed by atoms with Crippen LogP contribution in [0.3, 0.4) is 0 Å². The highest BCUT2D eigenvalue weighted by Gasteiger charge is 2.08. The van der Waals surface area contributed by atoms with E-state index in [0.29, 0.717) is 17.7 Å².